The van der Waals surface area contributed by atoms with Gasteiger partial charge in [-0.15, -0.1) is 0 Å². The molecule has 0 radical (unpaired) electrons. The van der Waals surface area contributed by atoms with E-state index in [-0.39, 0.29) is 11.3 Å². The lowest BCUT2D eigenvalue weighted by atomic mass is 9.99. The standard InChI is InChI=1S/C14H17NO2/c1-8(2)13-9(3)15-12-7-10(17-4)5-6-11(12)14(13)16/h5-8H,1-4H3,(H,15,16). The SMILES string of the molecule is COc1ccc2c(=O)c(C(C)C)c(C)[nH]c2c1. The maximum absolute atomic E-state index is 12.3. The zero-order chi connectivity index (χ0) is 12.6. The summed E-state index contributed by atoms with van der Waals surface area (Å²) in [6, 6.07) is 5.49. The summed E-state index contributed by atoms with van der Waals surface area (Å²) < 4.78 is 5.16. The number of H-pyrrole nitrogens is 1. The van der Waals surface area contributed by atoms with Gasteiger partial charge in [-0.3, -0.25) is 4.79 Å². The van der Waals surface area contributed by atoms with Gasteiger partial charge in [0.15, 0.2) is 5.43 Å². The normalized spacial score (nSPS) is 11.1. The Morgan fingerprint density at radius 3 is 2.59 bits per heavy atom. The topological polar surface area (TPSA) is 42.1 Å². The predicted molar refractivity (Wildman–Crippen MR) is 69.9 cm³/mol. The largest absolute Gasteiger partial charge is 0.497 e. The first kappa shape index (κ1) is 11.7. The minimum absolute atomic E-state index is 0.119. The van der Waals surface area contributed by atoms with Crippen molar-refractivity contribution < 1.29 is 4.74 Å². The summed E-state index contributed by atoms with van der Waals surface area (Å²) in [5.41, 5.74) is 2.75. The molecule has 3 heteroatoms. The molecule has 0 saturated heterocycles. The highest BCUT2D eigenvalue weighted by Crippen LogP contribution is 2.21. The van der Waals surface area contributed by atoms with Gasteiger partial charge in [-0.25, -0.2) is 0 Å². The van der Waals surface area contributed by atoms with E-state index in [4.69, 9.17) is 4.74 Å². The van der Waals surface area contributed by atoms with Gasteiger partial charge in [0.05, 0.1) is 12.6 Å². The molecule has 90 valence electrons. The molecule has 0 saturated carbocycles. The van der Waals surface area contributed by atoms with Crippen LogP contribution in [0, 0.1) is 6.92 Å². The van der Waals surface area contributed by atoms with Crippen LogP contribution in [0.1, 0.15) is 31.0 Å². The monoisotopic (exact) mass is 231 g/mol. The molecule has 0 amide bonds. The molecule has 1 aromatic carbocycles. The zero-order valence-corrected chi connectivity index (χ0v) is 10.6. The Labute approximate surface area is 100 Å². The number of benzene rings is 1. The number of ether oxygens (including phenoxy) is 1. The molecule has 17 heavy (non-hydrogen) atoms. The van der Waals surface area contributed by atoms with E-state index in [1.807, 2.05) is 39.0 Å². The number of aromatic amines is 1. The van der Waals surface area contributed by atoms with Crippen LogP contribution in [0.2, 0.25) is 0 Å². The van der Waals surface area contributed by atoms with Gasteiger partial charge >= 0.3 is 0 Å². The molecule has 1 heterocycles. The lowest BCUT2D eigenvalue weighted by Crippen LogP contribution is -2.14. The Bertz CT molecular complexity index is 611. The molecule has 1 N–H and O–H groups in total. The molecule has 0 atom stereocenters. The third-order valence-corrected chi connectivity index (χ3v) is 3.02. The minimum Gasteiger partial charge on any atom is -0.497 e. The molecule has 2 rings (SSSR count). The van der Waals surface area contributed by atoms with E-state index in [0.717, 1.165) is 27.9 Å². The van der Waals surface area contributed by atoms with Crippen molar-refractivity contribution in [3.63, 3.8) is 0 Å². The van der Waals surface area contributed by atoms with Crippen molar-refractivity contribution >= 4 is 10.9 Å². The number of fused-ring (bicyclic) bond motifs is 1. The highest BCUT2D eigenvalue weighted by molar-refractivity contribution is 5.81. The molecule has 0 unspecified atom stereocenters. The summed E-state index contributed by atoms with van der Waals surface area (Å²) in [4.78, 5) is 15.6. The summed E-state index contributed by atoms with van der Waals surface area (Å²) in [5, 5.41) is 0.722. The first-order valence-electron chi connectivity index (χ1n) is 5.75. The van der Waals surface area contributed by atoms with Gasteiger partial charge in [0.2, 0.25) is 0 Å². The smallest absolute Gasteiger partial charge is 0.193 e. The molecule has 0 bridgehead atoms. The molecule has 0 aliphatic heterocycles. The van der Waals surface area contributed by atoms with Crippen LogP contribution in [0.25, 0.3) is 10.9 Å². The van der Waals surface area contributed by atoms with Gasteiger partial charge in [-0.2, -0.15) is 0 Å². The van der Waals surface area contributed by atoms with Gasteiger partial charge in [0, 0.05) is 22.7 Å². The predicted octanol–water partition coefficient (Wildman–Crippen LogP) is 2.97. The van der Waals surface area contributed by atoms with E-state index < -0.39 is 0 Å². The maximum atomic E-state index is 12.3. The minimum atomic E-state index is 0.119. The zero-order valence-electron chi connectivity index (χ0n) is 10.6. The Hall–Kier alpha value is -1.77. The number of rotatable bonds is 2. The summed E-state index contributed by atoms with van der Waals surface area (Å²) in [5.74, 6) is 0.982. The third-order valence-electron chi connectivity index (χ3n) is 3.02. The number of hydrogen-bond donors (Lipinski definition) is 1. The van der Waals surface area contributed by atoms with Crippen molar-refractivity contribution in [1.29, 1.82) is 0 Å². The van der Waals surface area contributed by atoms with Crippen molar-refractivity contribution in [2.75, 3.05) is 7.11 Å². The number of aromatic nitrogens is 1. The Morgan fingerprint density at radius 1 is 1.29 bits per heavy atom. The molecule has 0 aliphatic rings. The Kier molecular flexibility index (Phi) is 2.92. The van der Waals surface area contributed by atoms with Crippen molar-refractivity contribution in [3.8, 4) is 5.75 Å². The van der Waals surface area contributed by atoms with Crippen LogP contribution in [0.4, 0.5) is 0 Å². The van der Waals surface area contributed by atoms with Crippen molar-refractivity contribution in [1.82, 2.24) is 4.98 Å². The first-order chi connectivity index (χ1) is 8.04. The number of pyridine rings is 1. The number of aryl methyl sites for hydroxylation is 1. The molecule has 0 aliphatic carbocycles. The Balaban J connectivity index is 2.81. The fraction of sp³-hybridized carbons (Fsp3) is 0.357. The van der Waals surface area contributed by atoms with Crippen LogP contribution in [0.5, 0.6) is 5.75 Å². The second kappa shape index (κ2) is 4.24. The second-order valence-corrected chi connectivity index (χ2v) is 4.56. The van der Waals surface area contributed by atoms with Gasteiger partial charge in [-0.1, -0.05) is 13.8 Å². The fourth-order valence-corrected chi connectivity index (χ4v) is 2.23. The highest BCUT2D eigenvalue weighted by atomic mass is 16.5. The van der Waals surface area contributed by atoms with Gasteiger partial charge in [0.25, 0.3) is 0 Å². The third kappa shape index (κ3) is 1.93. The first-order valence-corrected chi connectivity index (χ1v) is 5.75. The van der Waals surface area contributed by atoms with Crippen LogP contribution in [0.15, 0.2) is 23.0 Å². The lowest BCUT2D eigenvalue weighted by Gasteiger charge is -2.11. The van der Waals surface area contributed by atoms with E-state index in [9.17, 15) is 4.79 Å². The summed E-state index contributed by atoms with van der Waals surface area (Å²) in [6.07, 6.45) is 0. The molecule has 1 aromatic heterocycles. The van der Waals surface area contributed by atoms with Crippen LogP contribution < -0.4 is 10.2 Å². The average molecular weight is 231 g/mol. The molecule has 0 spiro atoms. The van der Waals surface area contributed by atoms with Crippen LogP contribution in [-0.2, 0) is 0 Å². The van der Waals surface area contributed by atoms with Gasteiger partial charge in [0.1, 0.15) is 5.75 Å². The number of methoxy groups -OCH3 is 1. The molecule has 3 nitrogen and oxygen atoms in total. The quantitative estimate of drug-likeness (QED) is 0.863. The average Bonchev–Trinajstić information content (AvgIpc) is 2.27. The van der Waals surface area contributed by atoms with Gasteiger partial charge in [-0.05, 0) is 25.0 Å². The van der Waals surface area contributed by atoms with E-state index in [1.165, 1.54) is 0 Å². The van der Waals surface area contributed by atoms with Gasteiger partial charge < -0.3 is 9.72 Å². The maximum Gasteiger partial charge on any atom is 0.193 e. The van der Waals surface area contributed by atoms with Crippen LogP contribution in [-0.4, -0.2) is 12.1 Å². The molecule has 2 aromatic rings. The Morgan fingerprint density at radius 2 is 2.00 bits per heavy atom. The summed E-state index contributed by atoms with van der Waals surface area (Å²) in [7, 11) is 1.62. The molecular weight excluding hydrogens is 214 g/mol. The molecular formula is C14H17NO2. The van der Waals surface area contributed by atoms with Crippen LogP contribution in [0.3, 0.4) is 0 Å². The summed E-state index contributed by atoms with van der Waals surface area (Å²) in [6.45, 7) is 6.01. The van der Waals surface area contributed by atoms with E-state index in [2.05, 4.69) is 4.98 Å². The number of nitrogens with one attached hydrogen (secondary N) is 1. The van der Waals surface area contributed by atoms with Crippen molar-refractivity contribution in [2.24, 2.45) is 0 Å². The highest BCUT2D eigenvalue weighted by Gasteiger charge is 2.12. The van der Waals surface area contributed by atoms with E-state index in [1.54, 1.807) is 7.11 Å². The number of hydrogen-bond acceptors (Lipinski definition) is 2. The fourth-order valence-electron chi connectivity index (χ4n) is 2.23. The van der Waals surface area contributed by atoms with Crippen molar-refractivity contribution in [2.45, 2.75) is 26.7 Å². The van der Waals surface area contributed by atoms with Crippen LogP contribution >= 0.6 is 0 Å². The summed E-state index contributed by atoms with van der Waals surface area (Å²) >= 11 is 0. The molecule has 0 fully saturated rings. The second-order valence-electron chi connectivity index (χ2n) is 4.56. The van der Waals surface area contributed by atoms with E-state index in [0.29, 0.717) is 0 Å². The van der Waals surface area contributed by atoms with Crippen molar-refractivity contribution in [3.05, 3.63) is 39.7 Å². The van der Waals surface area contributed by atoms with E-state index >= 15 is 0 Å². The lowest BCUT2D eigenvalue weighted by molar-refractivity contribution is 0.415.